The molecule has 1 aromatic heterocycles. The maximum atomic E-state index is 11.1. The van der Waals surface area contributed by atoms with E-state index in [9.17, 15) is 8.42 Å². The van der Waals surface area contributed by atoms with Gasteiger partial charge in [0.1, 0.15) is 12.3 Å². The number of nitrogens with zero attached hydrogens (tertiary/aromatic N) is 1. The Kier molecular flexibility index (Phi) is 4.31. The summed E-state index contributed by atoms with van der Waals surface area (Å²) < 4.78 is 30.4. The Labute approximate surface area is 103 Å². The van der Waals surface area contributed by atoms with Crippen LogP contribution in [0.25, 0.3) is 0 Å². The van der Waals surface area contributed by atoms with E-state index in [1.54, 1.807) is 12.1 Å². The van der Waals surface area contributed by atoms with Crippen LogP contribution in [0, 0.1) is 0 Å². The molecule has 0 saturated heterocycles. The van der Waals surface area contributed by atoms with E-state index >= 15 is 0 Å². The molecule has 0 aliphatic carbocycles. The SMILES string of the molecule is C=CCOc1ncc(Br)cc1NS(C)(=O)=O. The molecule has 0 aliphatic heterocycles. The third-order valence-electron chi connectivity index (χ3n) is 1.45. The van der Waals surface area contributed by atoms with E-state index in [0.29, 0.717) is 10.2 Å². The lowest BCUT2D eigenvalue weighted by atomic mass is 10.4. The van der Waals surface area contributed by atoms with Crippen LogP contribution in [-0.4, -0.2) is 26.3 Å². The van der Waals surface area contributed by atoms with Gasteiger partial charge in [0.25, 0.3) is 0 Å². The largest absolute Gasteiger partial charge is 0.472 e. The molecule has 0 atom stereocenters. The molecule has 0 fully saturated rings. The van der Waals surface area contributed by atoms with Crippen LogP contribution in [0.3, 0.4) is 0 Å². The molecule has 5 nitrogen and oxygen atoms in total. The van der Waals surface area contributed by atoms with Crippen molar-refractivity contribution in [2.45, 2.75) is 0 Å². The number of sulfonamides is 1. The number of anilines is 1. The van der Waals surface area contributed by atoms with E-state index in [-0.39, 0.29) is 12.5 Å². The fourth-order valence-corrected chi connectivity index (χ4v) is 1.83. The fraction of sp³-hybridized carbons (Fsp3) is 0.222. The summed E-state index contributed by atoms with van der Waals surface area (Å²) in [6.45, 7) is 3.75. The van der Waals surface area contributed by atoms with Gasteiger partial charge in [-0.2, -0.15) is 0 Å². The number of hydrogen-bond acceptors (Lipinski definition) is 4. The molecule has 0 aromatic carbocycles. The Morgan fingerprint density at radius 2 is 2.38 bits per heavy atom. The van der Waals surface area contributed by atoms with E-state index in [0.717, 1.165) is 6.26 Å². The molecule has 1 aromatic rings. The first-order valence-corrected chi connectivity index (χ1v) is 6.98. The highest BCUT2D eigenvalue weighted by molar-refractivity contribution is 9.10. The van der Waals surface area contributed by atoms with Gasteiger partial charge in [0, 0.05) is 10.7 Å². The lowest BCUT2D eigenvalue weighted by Gasteiger charge is -2.10. The Bertz CT molecular complexity index is 488. The highest BCUT2D eigenvalue weighted by Gasteiger charge is 2.10. The first kappa shape index (κ1) is 13.0. The zero-order chi connectivity index (χ0) is 12.2. The second-order valence-electron chi connectivity index (χ2n) is 2.98. The summed E-state index contributed by atoms with van der Waals surface area (Å²) in [5.74, 6) is 0.216. The molecule has 1 rings (SSSR count). The van der Waals surface area contributed by atoms with Crippen LogP contribution in [0.5, 0.6) is 5.88 Å². The van der Waals surface area contributed by atoms with Gasteiger partial charge in [-0.1, -0.05) is 12.7 Å². The molecule has 0 amide bonds. The van der Waals surface area contributed by atoms with Gasteiger partial charge >= 0.3 is 0 Å². The van der Waals surface area contributed by atoms with E-state index < -0.39 is 10.0 Å². The molecule has 0 unspecified atom stereocenters. The molecule has 7 heteroatoms. The van der Waals surface area contributed by atoms with Gasteiger partial charge < -0.3 is 4.74 Å². The van der Waals surface area contributed by atoms with Crippen molar-refractivity contribution in [3.63, 3.8) is 0 Å². The van der Waals surface area contributed by atoms with Crippen LogP contribution < -0.4 is 9.46 Å². The van der Waals surface area contributed by atoms with Crippen molar-refractivity contribution < 1.29 is 13.2 Å². The van der Waals surface area contributed by atoms with Crippen LogP contribution in [0.15, 0.2) is 29.4 Å². The molecule has 0 spiro atoms. The van der Waals surface area contributed by atoms with Crippen LogP contribution in [0.2, 0.25) is 0 Å². The second kappa shape index (κ2) is 5.31. The molecular formula is C9H11BrN2O3S. The average Bonchev–Trinajstić information content (AvgIpc) is 2.14. The van der Waals surface area contributed by atoms with Gasteiger partial charge in [-0.15, -0.1) is 0 Å². The van der Waals surface area contributed by atoms with Gasteiger partial charge in [0.05, 0.1) is 6.26 Å². The Morgan fingerprint density at radius 3 is 2.94 bits per heavy atom. The summed E-state index contributed by atoms with van der Waals surface area (Å²) in [6, 6.07) is 1.58. The summed E-state index contributed by atoms with van der Waals surface area (Å²) in [7, 11) is -3.36. The Morgan fingerprint density at radius 1 is 1.69 bits per heavy atom. The van der Waals surface area contributed by atoms with Crippen molar-refractivity contribution in [2.24, 2.45) is 0 Å². The normalized spacial score (nSPS) is 10.9. The summed E-state index contributed by atoms with van der Waals surface area (Å²) in [5.41, 5.74) is 0.290. The van der Waals surface area contributed by atoms with E-state index in [4.69, 9.17) is 4.74 Å². The van der Waals surface area contributed by atoms with Gasteiger partial charge in [-0.05, 0) is 22.0 Å². The fourth-order valence-electron chi connectivity index (χ4n) is 0.952. The molecule has 0 aliphatic rings. The van der Waals surface area contributed by atoms with Gasteiger partial charge in [-0.3, -0.25) is 4.72 Å². The van der Waals surface area contributed by atoms with Gasteiger partial charge in [-0.25, -0.2) is 13.4 Å². The minimum atomic E-state index is -3.36. The first-order valence-electron chi connectivity index (χ1n) is 4.29. The summed E-state index contributed by atoms with van der Waals surface area (Å²) in [6.07, 6.45) is 4.13. The quantitative estimate of drug-likeness (QED) is 0.842. The number of aromatic nitrogens is 1. The number of halogens is 1. The molecule has 0 saturated carbocycles. The van der Waals surface area contributed by atoms with Crippen molar-refractivity contribution in [1.82, 2.24) is 4.98 Å². The van der Waals surface area contributed by atoms with Crippen LogP contribution >= 0.6 is 15.9 Å². The Balaban J connectivity index is 3.02. The van der Waals surface area contributed by atoms with Crippen molar-refractivity contribution in [2.75, 3.05) is 17.6 Å². The van der Waals surface area contributed by atoms with Crippen LogP contribution in [-0.2, 0) is 10.0 Å². The lowest BCUT2D eigenvalue weighted by molar-refractivity contribution is 0.350. The minimum absolute atomic E-state index is 0.216. The van der Waals surface area contributed by atoms with Crippen molar-refractivity contribution >= 4 is 31.6 Å². The standard InChI is InChI=1S/C9H11BrN2O3S/c1-3-4-15-9-8(12-16(2,13)14)5-7(10)6-11-9/h3,5-6,12H,1,4H2,2H3. The van der Waals surface area contributed by atoms with E-state index in [1.165, 1.54) is 6.20 Å². The van der Waals surface area contributed by atoms with E-state index in [2.05, 4.69) is 32.2 Å². The van der Waals surface area contributed by atoms with Crippen molar-refractivity contribution in [3.05, 3.63) is 29.4 Å². The number of ether oxygens (including phenoxy) is 1. The molecule has 0 bridgehead atoms. The molecule has 88 valence electrons. The summed E-state index contributed by atoms with van der Waals surface area (Å²) in [5, 5.41) is 0. The molecular weight excluding hydrogens is 296 g/mol. The van der Waals surface area contributed by atoms with Gasteiger partial charge in [0.15, 0.2) is 0 Å². The third kappa shape index (κ3) is 4.19. The number of hydrogen-bond donors (Lipinski definition) is 1. The van der Waals surface area contributed by atoms with Crippen molar-refractivity contribution in [3.8, 4) is 5.88 Å². The summed E-state index contributed by atoms with van der Waals surface area (Å²) in [4.78, 5) is 3.96. The zero-order valence-corrected chi connectivity index (χ0v) is 11.0. The first-order chi connectivity index (χ1) is 7.42. The molecule has 1 N–H and O–H groups in total. The number of pyridine rings is 1. The lowest BCUT2D eigenvalue weighted by Crippen LogP contribution is -2.11. The second-order valence-corrected chi connectivity index (χ2v) is 5.64. The topological polar surface area (TPSA) is 68.3 Å². The monoisotopic (exact) mass is 306 g/mol. The molecule has 0 radical (unpaired) electrons. The predicted molar refractivity (Wildman–Crippen MR) is 66.1 cm³/mol. The zero-order valence-electron chi connectivity index (χ0n) is 8.60. The highest BCUT2D eigenvalue weighted by atomic mass is 79.9. The Hall–Kier alpha value is -1.08. The maximum Gasteiger partial charge on any atom is 0.238 e. The van der Waals surface area contributed by atoms with Crippen LogP contribution in [0.4, 0.5) is 5.69 Å². The number of nitrogens with one attached hydrogen (secondary N) is 1. The average molecular weight is 307 g/mol. The maximum absolute atomic E-state index is 11.1. The predicted octanol–water partition coefficient (Wildman–Crippen LogP) is 1.78. The van der Waals surface area contributed by atoms with Crippen molar-refractivity contribution in [1.29, 1.82) is 0 Å². The number of rotatable bonds is 5. The third-order valence-corrected chi connectivity index (χ3v) is 2.48. The van der Waals surface area contributed by atoms with Gasteiger partial charge in [0.2, 0.25) is 15.9 Å². The van der Waals surface area contributed by atoms with Crippen LogP contribution in [0.1, 0.15) is 0 Å². The smallest absolute Gasteiger partial charge is 0.238 e. The summed E-state index contributed by atoms with van der Waals surface area (Å²) >= 11 is 3.20. The van der Waals surface area contributed by atoms with E-state index in [1.807, 2.05) is 0 Å². The molecule has 16 heavy (non-hydrogen) atoms. The highest BCUT2D eigenvalue weighted by Crippen LogP contribution is 2.25. The minimum Gasteiger partial charge on any atom is -0.472 e. The molecule has 1 heterocycles.